The highest BCUT2D eigenvalue weighted by atomic mass is 15.0. The van der Waals surface area contributed by atoms with Crippen molar-refractivity contribution >= 4 is 11.4 Å². The van der Waals surface area contributed by atoms with E-state index < -0.39 is 0 Å². The van der Waals surface area contributed by atoms with Crippen LogP contribution in [0.5, 0.6) is 0 Å². The number of hydrogen-bond donors (Lipinski definition) is 1. The molecule has 0 aliphatic rings. The fourth-order valence-corrected chi connectivity index (χ4v) is 0.841. The maximum absolute atomic E-state index is 4.04. The molecular weight excluding hydrogens is 138 g/mol. The first kappa shape index (κ1) is 7.72. The average Bonchev–Trinajstić information content (AvgIpc) is 2.04. The van der Waals surface area contributed by atoms with E-state index in [9.17, 15) is 0 Å². The molecule has 0 unspecified atom stereocenters. The van der Waals surface area contributed by atoms with Crippen molar-refractivity contribution in [3.8, 4) is 0 Å². The molecule has 0 aliphatic carbocycles. The third kappa shape index (κ3) is 1.55. The number of hydrogen-bond acceptors (Lipinski definition) is 3. The maximum atomic E-state index is 4.04. The first-order valence-corrected chi connectivity index (χ1v) is 3.39. The van der Waals surface area contributed by atoms with Crippen molar-refractivity contribution in [2.45, 2.75) is 6.92 Å². The normalized spacial score (nSPS) is 9.27. The SMILES string of the molecule is C=C(C)c1cncnc1NC.[HH]. The molecule has 0 radical (unpaired) electrons. The predicted molar refractivity (Wildman–Crippen MR) is 48.4 cm³/mol. The van der Waals surface area contributed by atoms with Gasteiger partial charge in [-0.15, -0.1) is 0 Å². The lowest BCUT2D eigenvalue weighted by Gasteiger charge is -2.04. The smallest absolute Gasteiger partial charge is 0.136 e. The van der Waals surface area contributed by atoms with Gasteiger partial charge in [0.1, 0.15) is 12.1 Å². The predicted octanol–water partition coefficient (Wildman–Crippen LogP) is 1.80. The second-order valence-electron chi connectivity index (χ2n) is 2.32. The Morgan fingerprint density at radius 2 is 2.45 bits per heavy atom. The van der Waals surface area contributed by atoms with Crippen LogP contribution in [0.25, 0.3) is 5.57 Å². The van der Waals surface area contributed by atoms with Crippen LogP contribution in [0.1, 0.15) is 13.9 Å². The van der Waals surface area contributed by atoms with Crippen molar-refractivity contribution in [3.05, 3.63) is 24.7 Å². The highest BCUT2D eigenvalue weighted by molar-refractivity contribution is 5.70. The van der Waals surface area contributed by atoms with Gasteiger partial charge in [-0.05, 0) is 12.5 Å². The zero-order chi connectivity index (χ0) is 8.27. The Morgan fingerprint density at radius 1 is 1.73 bits per heavy atom. The van der Waals surface area contributed by atoms with E-state index in [1.165, 1.54) is 6.33 Å². The van der Waals surface area contributed by atoms with E-state index in [4.69, 9.17) is 0 Å². The summed E-state index contributed by atoms with van der Waals surface area (Å²) < 4.78 is 0. The summed E-state index contributed by atoms with van der Waals surface area (Å²) in [6.45, 7) is 5.74. The molecule has 1 rings (SSSR count). The summed E-state index contributed by atoms with van der Waals surface area (Å²) in [5.74, 6) is 0.826. The molecule has 1 aromatic heterocycles. The summed E-state index contributed by atoms with van der Waals surface area (Å²) in [6.07, 6.45) is 3.26. The molecule has 0 bridgehead atoms. The van der Waals surface area contributed by atoms with Gasteiger partial charge in [0.25, 0.3) is 0 Å². The van der Waals surface area contributed by atoms with Crippen molar-refractivity contribution in [3.63, 3.8) is 0 Å². The van der Waals surface area contributed by atoms with Gasteiger partial charge in [0.15, 0.2) is 0 Å². The monoisotopic (exact) mass is 151 g/mol. The quantitative estimate of drug-likeness (QED) is 0.700. The molecule has 11 heavy (non-hydrogen) atoms. The molecule has 0 amide bonds. The van der Waals surface area contributed by atoms with Gasteiger partial charge in [0, 0.05) is 20.2 Å². The van der Waals surface area contributed by atoms with E-state index >= 15 is 0 Å². The largest absolute Gasteiger partial charge is 0.373 e. The number of nitrogens with one attached hydrogen (secondary N) is 1. The summed E-state index contributed by atoms with van der Waals surface area (Å²) in [5.41, 5.74) is 1.94. The minimum Gasteiger partial charge on any atom is -0.373 e. The summed E-state index contributed by atoms with van der Waals surface area (Å²) in [4.78, 5) is 7.94. The van der Waals surface area contributed by atoms with Crippen LogP contribution in [-0.2, 0) is 0 Å². The topological polar surface area (TPSA) is 37.8 Å². The van der Waals surface area contributed by atoms with Crippen LogP contribution in [0.15, 0.2) is 19.1 Å². The molecule has 0 saturated carbocycles. The molecule has 1 N–H and O–H groups in total. The van der Waals surface area contributed by atoms with E-state index in [2.05, 4.69) is 21.9 Å². The summed E-state index contributed by atoms with van der Waals surface area (Å²) >= 11 is 0. The third-order valence-electron chi connectivity index (χ3n) is 1.41. The summed E-state index contributed by atoms with van der Waals surface area (Å²) in [6, 6.07) is 0. The number of nitrogens with zero attached hydrogens (tertiary/aromatic N) is 2. The number of allylic oxidation sites excluding steroid dienone is 1. The van der Waals surface area contributed by atoms with Gasteiger partial charge in [-0.3, -0.25) is 0 Å². The second-order valence-corrected chi connectivity index (χ2v) is 2.32. The number of aromatic nitrogens is 2. The molecule has 0 fully saturated rings. The molecule has 60 valence electrons. The highest BCUT2D eigenvalue weighted by Gasteiger charge is 2.00. The highest BCUT2D eigenvalue weighted by Crippen LogP contribution is 2.16. The van der Waals surface area contributed by atoms with Crippen molar-refractivity contribution < 1.29 is 1.43 Å². The van der Waals surface area contributed by atoms with Crippen molar-refractivity contribution in [2.24, 2.45) is 0 Å². The van der Waals surface area contributed by atoms with Gasteiger partial charge in [-0.2, -0.15) is 0 Å². The Kier molecular flexibility index (Phi) is 2.21. The van der Waals surface area contributed by atoms with Crippen LogP contribution in [0.4, 0.5) is 5.82 Å². The summed E-state index contributed by atoms with van der Waals surface area (Å²) in [7, 11) is 1.83. The van der Waals surface area contributed by atoms with Gasteiger partial charge in [0.05, 0.1) is 0 Å². The van der Waals surface area contributed by atoms with Crippen LogP contribution in [-0.4, -0.2) is 17.0 Å². The fourth-order valence-electron chi connectivity index (χ4n) is 0.841. The van der Waals surface area contributed by atoms with Crippen molar-refractivity contribution in [1.29, 1.82) is 0 Å². The molecule has 1 aromatic rings. The Balaban J connectivity index is 0.00000121. The molecule has 0 atom stereocenters. The van der Waals surface area contributed by atoms with Crippen molar-refractivity contribution in [1.82, 2.24) is 9.97 Å². The van der Waals surface area contributed by atoms with E-state index in [-0.39, 0.29) is 1.43 Å². The fraction of sp³-hybridized carbons (Fsp3) is 0.250. The van der Waals surface area contributed by atoms with Crippen LogP contribution >= 0.6 is 0 Å². The minimum atomic E-state index is 0. The van der Waals surface area contributed by atoms with Gasteiger partial charge < -0.3 is 5.32 Å². The molecular formula is C8H13N3. The van der Waals surface area contributed by atoms with Gasteiger partial charge in [-0.1, -0.05) is 6.58 Å². The molecule has 0 aliphatic heterocycles. The van der Waals surface area contributed by atoms with Gasteiger partial charge >= 0.3 is 0 Å². The van der Waals surface area contributed by atoms with E-state index in [0.29, 0.717) is 0 Å². The standard InChI is InChI=1S/C8H11N3.H2/c1-6(2)7-4-10-5-11-8(7)9-3;/h4-5H,1H2,2-3H3,(H,9,10,11);1H. The van der Waals surface area contributed by atoms with Crippen LogP contribution in [0, 0.1) is 0 Å². The van der Waals surface area contributed by atoms with E-state index in [1.807, 2.05) is 14.0 Å². The molecule has 0 saturated heterocycles. The lowest BCUT2D eigenvalue weighted by atomic mass is 10.2. The third-order valence-corrected chi connectivity index (χ3v) is 1.41. The first-order chi connectivity index (χ1) is 5.25. The van der Waals surface area contributed by atoms with Crippen molar-refractivity contribution in [2.75, 3.05) is 12.4 Å². The Labute approximate surface area is 67.7 Å². The Morgan fingerprint density at radius 3 is 2.91 bits per heavy atom. The Bertz CT molecular complexity index is 273. The lowest BCUT2D eigenvalue weighted by molar-refractivity contribution is 1.14. The zero-order valence-electron chi connectivity index (χ0n) is 6.76. The number of anilines is 1. The molecule has 3 heteroatoms. The number of rotatable bonds is 2. The molecule has 0 spiro atoms. The van der Waals surface area contributed by atoms with E-state index in [1.54, 1.807) is 6.20 Å². The maximum Gasteiger partial charge on any atom is 0.136 e. The molecule has 3 nitrogen and oxygen atoms in total. The van der Waals surface area contributed by atoms with Crippen LogP contribution in [0.2, 0.25) is 0 Å². The molecule has 0 aromatic carbocycles. The Hall–Kier alpha value is -1.38. The lowest BCUT2D eigenvalue weighted by Crippen LogP contribution is -1.97. The molecule has 1 heterocycles. The second kappa shape index (κ2) is 3.14. The van der Waals surface area contributed by atoms with Gasteiger partial charge in [-0.25, -0.2) is 9.97 Å². The first-order valence-electron chi connectivity index (χ1n) is 3.39. The zero-order valence-corrected chi connectivity index (χ0v) is 6.76. The van der Waals surface area contributed by atoms with Crippen LogP contribution < -0.4 is 5.32 Å². The van der Waals surface area contributed by atoms with Gasteiger partial charge in [0.2, 0.25) is 0 Å². The average molecular weight is 151 g/mol. The minimum absolute atomic E-state index is 0. The van der Waals surface area contributed by atoms with E-state index in [0.717, 1.165) is 17.0 Å². The van der Waals surface area contributed by atoms with Crippen LogP contribution in [0.3, 0.4) is 0 Å². The summed E-state index contributed by atoms with van der Waals surface area (Å²) in [5, 5.41) is 2.96.